The summed E-state index contributed by atoms with van der Waals surface area (Å²) in [6.07, 6.45) is 0. The SMILES string of the molecule is Cc1ccc2c(CNc3ccc(Cl)cc3C(N)=O)cc(=O)oc2c1C. The van der Waals surface area contributed by atoms with Gasteiger partial charge < -0.3 is 15.5 Å². The van der Waals surface area contributed by atoms with E-state index < -0.39 is 11.5 Å². The Morgan fingerprint density at radius 3 is 2.68 bits per heavy atom. The predicted octanol–water partition coefficient (Wildman–Crippen LogP) is 3.77. The quantitative estimate of drug-likeness (QED) is 0.697. The minimum atomic E-state index is -0.575. The zero-order chi connectivity index (χ0) is 18.1. The van der Waals surface area contributed by atoms with Gasteiger partial charge in [-0.05, 0) is 48.7 Å². The molecular formula is C19H17ClN2O3. The lowest BCUT2D eigenvalue weighted by molar-refractivity contribution is 0.100. The van der Waals surface area contributed by atoms with E-state index in [1.165, 1.54) is 12.1 Å². The molecule has 0 saturated carbocycles. The Balaban J connectivity index is 2.01. The first-order valence-electron chi connectivity index (χ1n) is 7.73. The summed E-state index contributed by atoms with van der Waals surface area (Å²) >= 11 is 5.92. The standard InChI is InChI=1S/C19H17ClN2O3/c1-10-3-5-14-12(7-17(23)25-18(14)11(10)2)9-22-16-6-4-13(20)8-15(16)19(21)24/h3-8,22H,9H2,1-2H3,(H2,21,24). The largest absolute Gasteiger partial charge is 0.422 e. The summed E-state index contributed by atoms with van der Waals surface area (Å²) in [5.74, 6) is -0.575. The number of aryl methyl sites for hydroxylation is 2. The highest BCUT2D eigenvalue weighted by Gasteiger charge is 2.12. The first-order chi connectivity index (χ1) is 11.9. The van der Waals surface area contributed by atoms with Crippen molar-refractivity contribution >= 4 is 34.2 Å². The summed E-state index contributed by atoms with van der Waals surface area (Å²) in [5, 5.41) is 4.43. The van der Waals surface area contributed by atoms with Crippen LogP contribution in [0, 0.1) is 13.8 Å². The number of carbonyl (C=O) groups is 1. The zero-order valence-electron chi connectivity index (χ0n) is 13.9. The van der Waals surface area contributed by atoms with Crippen molar-refractivity contribution in [3.8, 4) is 0 Å². The molecule has 2 aromatic carbocycles. The first-order valence-corrected chi connectivity index (χ1v) is 8.11. The minimum absolute atomic E-state index is 0.298. The van der Waals surface area contributed by atoms with Crippen LogP contribution in [-0.2, 0) is 6.54 Å². The van der Waals surface area contributed by atoms with Gasteiger partial charge in [-0.1, -0.05) is 23.7 Å². The Labute approximate surface area is 149 Å². The van der Waals surface area contributed by atoms with Crippen LogP contribution in [0.25, 0.3) is 11.0 Å². The van der Waals surface area contributed by atoms with Crippen LogP contribution in [0.1, 0.15) is 27.0 Å². The van der Waals surface area contributed by atoms with Gasteiger partial charge in [-0.25, -0.2) is 4.79 Å². The fourth-order valence-corrected chi connectivity index (χ4v) is 2.91. The molecule has 0 atom stereocenters. The smallest absolute Gasteiger partial charge is 0.336 e. The number of nitrogens with two attached hydrogens (primary N) is 1. The van der Waals surface area contributed by atoms with E-state index in [2.05, 4.69) is 5.32 Å². The average Bonchev–Trinajstić information content (AvgIpc) is 2.57. The molecule has 1 amide bonds. The van der Waals surface area contributed by atoms with Crippen LogP contribution in [0.3, 0.4) is 0 Å². The van der Waals surface area contributed by atoms with Crippen LogP contribution in [0.4, 0.5) is 5.69 Å². The molecule has 0 spiro atoms. The van der Waals surface area contributed by atoms with Crippen molar-refractivity contribution in [2.45, 2.75) is 20.4 Å². The zero-order valence-corrected chi connectivity index (χ0v) is 14.6. The normalized spacial score (nSPS) is 10.8. The molecule has 0 aliphatic carbocycles. The van der Waals surface area contributed by atoms with Gasteiger partial charge in [0.05, 0.1) is 5.56 Å². The molecular weight excluding hydrogens is 340 g/mol. The van der Waals surface area contributed by atoms with E-state index in [-0.39, 0.29) is 0 Å². The fraction of sp³-hybridized carbons (Fsp3) is 0.158. The van der Waals surface area contributed by atoms with E-state index in [9.17, 15) is 9.59 Å². The number of rotatable bonds is 4. The van der Waals surface area contributed by atoms with Gasteiger partial charge in [0, 0.05) is 28.7 Å². The fourth-order valence-electron chi connectivity index (χ4n) is 2.74. The summed E-state index contributed by atoms with van der Waals surface area (Å²) in [5.41, 5.74) is 9.18. The predicted molar refractivity (Wildman–Crippen MR) is 99.3 cm³/mol. The van der Waals surface area contributed by atoms with E-state index in [0.29, 0.717) is 28.4 Å². The van der Waals surface area contributed by atoms with Crippen molar-refractivity contribution in [1.82, 2.24) is 0 Å². The maximum Gasteiger partial charge on any atom is 0.336 e. The van der Waals surface area contributed by atoms with Crippen LogP contribution in [0.2, 0.25) is 5.02 Å². The summed E-state index contributed by atoms with van der Waals surface area (Å²) in [4.78, 5) is 23.5. The molecule has 3 rings (SSSR count). The van der Waals surface area contributed by atoms with Crippen LogP contribution >= 0.6 is 11.6 Å². The Kier molecular flexibility index (Phi) is 4.51. The third-order valence-corrected chi connectivity index (χ3v) is 4.47. The highest BCUT2D eigenvalue weighted by molar-refractivity contribution is 6.31. The molecule has 0 saturated heterocycles. The van der Waals surface area contributed by atoms with Gasteiger partial charge in [-0.3, -0.25) is 4.79 Å². The number of hydrogen-bond donors (Lipinski definition) is 2. The van der Waals surface area contributed by atoms with Crippen LogP contribution in [-0.4, -0.2) is 5.91 Å². The van der Waals surface area contributed by atoms with Gasteiger partial charge in [0.2, 0.25) is 0 Å². The summed E-state index contributed by atoms with van der Waals surface area (Å²) in [6, 6.07) is 10.2. The topological polar surface area (TPSA) is 85.3 Å². The third-order valence-electron chi connectivity index (χ3n) is 4.23. The van der Waals surface area contributed by atoms with Gasteiger partial charge in [0.1, 0.15) is 5.58 Å². The lowest BCUT2D eigenvalue weighted by Gasteiger charge is -2.13. The highest BCUT2D eigenvalue weighted by Crippen LogP contribution is 2.25. The Hall–Kier alpha value is -2.79. The van der Waals surface area contributed by atoms with E-state index in [4.69, 9.17) is 21.8 Å². The second-order valence-corrected chi connectivity index (χ2v) is 6.32. The molecule has 6 heteroatoms. The summed E-state index contributed by atoms with van der Waals surface area (Å²) in [7, 11) is 0. The second kappa shape index (κ2) is 6.61. The lowest BCUT2D eigenvalue weighted by atomic mass is 10.0. The molecule has 0 unspecified atom stereocenters. The first kappa shape index (κ1) is 17.0. The molecule has 25 heavy (non-hydrogen) atoms. The summed E-state index contributed by atoms with van der Waals surface area (Å²) < 4.78 is 5.37. The molecule has 1 heterocycles. The van der Waals surface area contributed by atoms with Gasteiger partial charge in [-0.15, -0.1) is 0 Å². The number of fused-ring (bicyclic) bond motifs is 1. The number of halogens is 1. The second-order valence-electron chi connectivity index (χ2n) is 5.88. The average molecular weight is 357 g/mol. The van der Waals surface area contributed by atoms with E-state index >= 15 is 0 Å². The Morgan fingerprint density at radius 1 is 1.20 bits per heavy atom. The number of benzene rings is 2. The van der Waals surface area contributed by atoms with Crippen molar-refractivity contribution in [3.05, 3.63) is 74.1 Å². The number of anilines is 1. The number of nitrogens with one attached hydrogen (secondary N) is 1. The number of hydrogen-bond acceptors (Lipinski definition) is 4. The molecule has 1 aromatic heterocycles. The van der Waals surface area contributed by atoms with Crippen molar-refractivity contribution in [2.24, 2.45) is 5.73 Å². The number of carbonyl (C=O) groups excluding carboxylic acids is 1. The van der Waals surface area contributed by atoms with Crippen LogP contribution < -0.4 is 16.7 Å². The molecule has 0 fully saturated rings. The summed E-state index contributed by atoms with van der Waals surface area (Å²) in [6.45, 7) is 4.22. The van der Waals surface area contributed by atoms with Gasteiger partial charge >= 0.3 is 5.63 Å². The van der Waals surface area contributed by atoms with Crippen molar-refractivity contribution in [1.29, 1.82) is 0 Å². The molecule has 0 radical (unpaired) electrons. The maximum atomic E-state index is 11.9. The van der Waals surface area contributed by atoms with Gasteiger partial charge in [-0.2, -0.15) is 0 Å². The van der Waals surface area contributed by atoms with E-state index in [0.717, 1.165) is 22.1 Å². The minimum Gasteiger partial charge on any atom is -0.422 e. The number of primary amides is 1. The molecule has 0 aliphatic heterocycles. The maximum absolute atomic E-state index is 11.9. The Morgan fingerprint density at radius 2 is 1.96 bits per heavy atom. The Bertz CT molecular complexity index is 1040. The molecule has 3 aromatic rings. The molecule has 128 valence electrons. The number of amides is 1. The lowest BCUT2D eigenvalue weighted by Crippen LogP contribution is -2.15. The van der Waals surface area contributed by atoms with Crippen molar-refractivity contribution in [2.75, 3.05) is 5.32 Å². The molecule has 0 aliphatic rings. The van der Waals surface area contributed by atoms with Crippen LogP contribution in [0.15, 0.2) is 45.6 Å². The molecule has 0 bridgehead atoms. The monoisotopic (exact) mass is 356 g/mol. The van der Waals surface area contributed by atoms with Crippen molar-refractivity contribution < 1.29 is 9.21 Å². The van der Waals surface area contributed by atoms with Gasteiger partial charge in [0.15, 0.2) is 0 Å². The molecule has 5 nitrogen and oxygen atoms in total. The van der Waals surface area contributed by atoms with Crippen molar-refractivity contribution in [3.63, 3.8) is 0 Å². The third kappa shape index (κ3) is 3.37. The highest BCUT2D eigenvalue weighted by atomic mass is 35.5. The molecule has 3 N–H and O–H groups in total. The van der Waals surface area contributed by atoms with Crippen LogP contribution in [0.5, 0.6) is 0 Å². The van der Waals surface area contributed by atoms with E-state index in [1.54, 1.807) is 12.1 Å². The van der Waals surface area contributed by atoms with Gasteiger partial charge in [0.25, 0.3) is 5.91 Å². The van der Waals surface area contributed by atoms with E-state index in [1.807, 2.05) is 26.0 Å².